The molecule has 0 aromatic rings. The van der Waals surface area contributed by atoms with E-state index < -0.39 is 0 Å². The second kappa shape index (κ2) is 62.9. The van der Waals surface area contributed by atoms with Crippen molar-refractivity contribution in [1.29, 1.82) is 0 Å². The van der Waals surface area contributed by atoms with Crippen LogP contribution in [0.3, 0.4) is 0 Å². The van der Waals surface area contributed by atoms with Crippen LogP contribution in [0.1, 0.15) is 362 Å². The molecule has 0 aromatic carbocycles. The molecular weight excluding hydrogens is 825 g/mol. The minimum atomic E-state index is -0.360. The summed E-state index contributed by atoms with van der Waals surface area (Å²) >= 11 is 0. The first-order valence-corrected chi connectivity index (χ1v) is 31.0. The summed E-state index contributed by atoms with van der Waals surface area (Å²) in [5, 5.41) is 0. The summed E-state index contributed by atoms with van der Waals surface area (Å²) in [5.41, 5.74) is 0. The molecule has 0 heterocycles. The molecule has 0 fully saturated rings. The molecule has 0 amide bonds. The molecule has 0 radical (unpaired) electrons. The maximum atomic E-state index is 12.4. The minimum absolute atomic E-state index is 0.0257. The molecule has 0 rings (SSSR count). The lowest BCUT2D eigenvalue weighted by atomic mass is 10.0. The van der Waals surface area contributed by atoms with Crippen LogP contribution in [0.5, 0.6) is 0 Å². The molecule has 0 N–H and O–H groups in total. The largest absolute Gasteiger partial charge is 0.466 e. The third-order valence-corrected chi connectivity index (χ3v) is 13.9. The quantitative estimate of drug-likeness (QED) is 0.0449. The van der Waals surface area contributed by atoms with Crippen molar-refractivity contribution in [3.63, 3.8) is 0 Å². The molecule has 0 aromatic heterocycles. The molecule has 402 valence electrons. The lowest BCUT2D eigenvalue weighted by molar-refractivity contribution is -0.157. The van der Waals surface area contributed by atoms with Gasteiger partial charge in [0.1, 0.15) is 0 Å². The lowest BCUT2D eigenvalue weighted by Gasteiger charge is -2.16. The fraction of sp³-hybridized carbons (Fsp3) is 0.968. The predicted molar refractivity (Wildman–Crippen MR) is 295 cm³/mol. The van der Waals surface area contributed by atoms with E-state index in [4.69, 9.17) is 14.2 Å². The zero-order valence-electron chi connectivity index (χ0n) is 46.8. The van der Waals surface area contributed by atoms with Gasteiger partial charge in [-0.05, 0) is 32.6 Å². The van der Waals surface area contributed by atoms with Gasteiger partial charge in [-0.2, -0.15) is 0 Å². The monoisotopic (exact) mass is 949 g/mol. The normalized spacial score (nSPS) is 11.7. The highest BCUT2D eigenvalue weighted by Crippen LogP contribution is 2.17. The molecule has 0 aliphatic heterocycles. The molecule has 0 aliphatic rings. The zero-order chi connectivity index (χ0) is 49.0. The van der Waals surface area contributed by atoms with E-state index in [-0.39, 0.29) is 18.0 Å². The van der Waals surface area contributed by atoms with Gasteiger partial charge in [-0.15, -0.1) is 0 Å². The number of hydrogen-bond acceptors (Lipinski definition) is 5. The number of unbranched alkanes of at least 4 members (excludes halogenated alkanes) is 45. The van der Waals surface area contributed by atoms with Crippen molar-refractivity contribution in [3.8, 4) is 0 Å². The third kappa shape index (κ3) is 61.0. The molecule has 1 atom stereocenters. The van der Waals surface area contributed by atoms with Gasteiger partial charge in [0, 0.05) is 13.0 Å². The first-order valence-electron chi connectivity index (χ1n) is 31.0. The summed E-state index contributed by atoms with van der Waals surface area (Å²) in [7, 11) is 0. The number of hydrogen-bond donors (Lipinski definition) is 0. The Morgan fingerprint density at radius 3 is 0.806 bits per heavy atom. The minimum Gasteiger partial charge on any atom is -0.466 e. The number of rotatable bonds is 56. The van der Waals surface area contributed by atoms with E-state index in [0.29, 0.717) is 26.2 Å². The van der Waals surface area contributed by atoms with E-state index in [2.05, 4.69) is 27.7 Å². The highest BCUT2D eigenvalue weighted by Gasteiger charge is 2.19. The number of carbonyl (C=O) groups excluding carboxylic acids is 2. The van der Waals surface area contributed by atoms with Gasteiger partial charge in [-0.25, -0.2) is 4.79 Å². The van der Waals surface area contributed by atoms with Crippen molar-refractivity contribution in [3.05, 3.63) is 0 Å². The van der Waals surface area contributed by atoms with E-state index in [1.54, 1.807) is 0 Å². The molecule has 0 spiro atoms. The fourth-order valence-electron chi connectivity index (χ4n) is 9.34. The third-order valence-electron chi connectivity index (χ3n) is 13.9. The predicted octanol–water partition coefficient (Wildman–Crippen LogP) is 21.4. The van der Waals surface area contributed by atoms with Crippen molar-refractivity contribution in [1.82, 2.24) is 0 Å². The van der Waals surface area contributed by atoms with Gasteiger partial charge in [0.05, 0.1) is 13.2 Å². The zero-order valence-corrected chi connectivity index (χ0v) is 46.8. The second-order valence-electron chi connectivity index (χ2n) is 20.8. The van der Waals surface area contributed by atoms with Crippen LogP contribution in [-0.4, -0.2) is 37.9 Å². The topological polar surface area (TPSA) is 61.8 Å². The van der Waals surface area contributed by atoms with Crippen LogP contribution in [0, 0.1) is 0 Å². The van der Waals surface area contributed by atoms with Crippen molar-refractivity contribution in [2.24, 2.45) is 0 Å². The molecule has 67 heavy (non-hydrogen) atoms. The molecule has 0 saturated heterocycles. The Labute approximate surface area is 422 Å². The molecule has 1 unspecified atom stereocenters. The van der Waals surface area contributed by atoms with Crippen LogP contribution >= 0.6 is 0 Å². The Morgan fingerprint density at radius 1 is 0.284 bits per heavy atom. The average Bonchev–Trinajstić information content (AvgIpc) is 3.33. The SMILES string of the molecule is CCCCCCCCCCCCCCCCOC(=O)CCCCCCCCCCCCCCC.CCCCCCCCCCCCCCOC(=O)C(CCCCCCCCCCCC)OCC. The summed E-state index contributed by atoms with van der Waals surface area (Å²) in [6.45, 7) is 12.8. The van der Waals surface area contributed by atoms with Crippen LogP contribution in [0.15, 0.2) is 0 Å². The smallest absolute Gasteiger partial charge is 0.335 e. The van der Waals surface area contributed by atoms with Crippen LogP contribution < -0.4 is 0 Å². The fourth-order valence-corrected chi connectivity index (χ4v) is 9.34. The lowest BCUT2D eigenvalue weighted by Crippen LogP contribution is -2.27. The number of carbonyl (C=O) groups is 2. The van der Waals surface area contributed by atoms with Crippen LogP contribution in [0.4, 0.5) is 0 Å². The maximum Gasteiger partial charge on any atom is 0.335 e. The van der Waals surface area contributed by atoms with Crippen molar-refractivity contribution >= 4 is 11.9 Å². The van der Waals surface area contributed by atoms with Crippen molar-refractivity contribution in [2.75, 3.05) is 19.8 Å². The maximum absolute atomic E-state index is 12.4. The van der Waals surface area contributed by atoms with E-state index in [9.17, 15) is 9.59 Å². The van der Waals surface area contributed by atoms with E-state index in [1.165, 1.54) is 289 Å². The summed E-state index contributed by atoms with van der Waals surface area (Å²) < 4.78 is 16.6. The van der Waals surface area contributed by atoms with E-state index in [0.717, 1.165) is 32.1 Å². The van der Waals surface area contributed by atoms with Crippen molar-refractivity contribution in [2.45, 2.75) is 368 Å². The molecule has 5 nitrogen and oxygen atoms in total. The number of ether oxygens (including phenoxy) is 3. The Morgan fingerprint density at radius 2 is 0.522 bits per heavy atom. The van der Waals surface area contributed by atoms with Crippen molar-refractivity contribution < 1.29 is 23.8 Å². The van der Waals surface area contributed by atoms with Gasteiger partial charge in [-0.1, -0.05) is 323 Å². The first-order chi connectivity index (χ1) is 33.1. The summed E-state index contributed by atoms with van der Waals surface area (Å²) in [6.07, 6.45) is 66.6. The highest BCUT2D eigenvalue weighted by molar-refractivity contribution is 5.74. The Kier molecular flexibility index (Phi) is 63.8. The molecular formula is C62H124O5. The average molecular weight is 950 g/mol. The van der Waals surface area contributed by atoms with Crippen LogP contribution in [0.25, 0.3) is 0 Å². The summed E-state index contributed by atoms with van der Waals surface area (Å²) in [4.78, 5) is 24.2. The van der Waals surface area contributed by atoms with E-state index in [1.807, 2.05) is 6.92 Å². The standard InChI is InChI=1S/C32H64O2.C30H60O3/c1-3-5-7-9-11-13-15-17-19-21-23-25-27-29-31-34-32(33)30-28-26-24-22-20-18-16-14-12-10-8-6-4-2;1-4-7-9-11-13-15-17-18-20-22-24-26-28-33-30(31)29(32-6-3)27-25-23-21-19-16-14-12-10-8-5-2/h3-31H2,1-2H3;29H,4-28H2,1-3H3. The first kappa shape index (κ1) is 68.0. The van der Waals surface area contributed by atoms with Gasteiger partial charge in [-0.3, -0.25) is 4.79 Å². The van der Waals surface area contributed by atoms with Gasteiger partial charge >= 0.3 is 11.9 Å². The highest BCUT2D eigenvalue weighted by atomic mass is 16.6. The van der Waals surface area contributed by atoms with Gasteiger partial charge in [0.15, 0.2) is 6.10 Å². The van der Waals surface area contributed by atoms with Gasteiger partial charge in [0.2, 0.25) is 0 Å². The Hall–Kier alpha value is -1.10. The van der Waals surface area contributed by atoms with Crippen LogP contribution in [-0.2, 0) is 23.8 Å². The Bertz CT molecular complexity index is 906. The van der Waals surface area contributed by atoms with E-state index >= 15 is 0 Å². The summed E-state index contributed by atoms with van der Waals surface area (Å²) in [6, 6.07) is 0. The molecule has 5 heteroatoms. The molecule has 0 bridgehead atoms. The molecule has 0 saturated carbocycles. The van der Waals surface area contributed by atoms with Gasteiger partial charge in [0.25, 0.3) is 0 Å². The van der Waals surface area contributed by atoms with Gasteiger partial charge < -0.3 is 14.2 Å². The number of esters is 2. The molecule has 0 aliphatic carbocycles. The van der Waals surface area contributed by atoms with Crippen LogP contribution in [0.2, 0.25) is 0 Å². The Balaban J connectivity index is 0. The summed E-state index contributed by atoms with van der Waals surface area (Å²) in [5.74, 6) is -0.117. The second-order valence-corrected chi connectivity index (χ2v) is 20.8.